The third-order valence-corrected chi connectivity index (χ3v) is 5.30. The smallest absolute Gasteiger partial charge is 0.394 e. The number of benzene rings is 2. The van der Waals surface area contributed by atoms with E-state index in [2.05, 4.69) is 15.3 Å². The summed E-state index contributed by atoms with van der Waals surface area (Å²) in [5, 5.41) is 22.3. The molecule has 4 aromatic rings. The second kappa shape index (κ2) is 9.24. The number of aliphatic hydroxyl groups excluding tert-OH is 2. The Balaban J connectivity index is 1.98. The zero-order chi connectivity index (χ0) is 24.5. The highest BCUT2D eigenvalue weighted by Gasteiger charge is 2.30. The Morgan fingerprint density at radius 3 is 2.18 bits per heavy atom. The van der Waals surface area contributed by atoms with Gasteiger partial charge in [-0.25, -0.2) is 4.98 Å². The minimum absolute atomic E-state index is 0.0439. The molecule has 3 N–H and O–H groups in total. The molecule has 2 heterocycles. The Kier molecular flexibility index (Phi) is 6.36. The molecule has 0 aliphatic carbocycles. The fraction of sp³-hybridized carbons (Fsp3) is 0.208. The van der Waals surface area contributed by atoms with Crippen LogP contribution in [0.5, 0.6) is 0 Å². The predicted molar refractivity (Wildman–Crippen MR) is 122 cm³/mol. The van der Waals surface area contributed by atoms with E-state index in [9.17, 15) is 28.2 Å². The highest BCUT2D eigenvalue weighted by molar-refractivity contribution is 5.92. The van der Waals surface area contributed by atoms with Gasteiger partial charge in [-0.15, -0.1) is 0 Å². The lowest BCUT2D eigenvalue weighted by molar-refractivity contribution is -0.137. The normalized spacial score (nSPS) is 11.9. The van der Waals surface area contributed by atoms with Gasteiger partial charge in [0.15, 0.2) is 5.65 Å². The fourth-order valence-electron chi connectivity index (χ4n) is 3.49. The molecule has 34 heavy (non-hydrogen) atoms. The van der Waals surface area contributed by atoms with Gasteiger partial charge in [0, 0.05) is 17.0 Å². The number of nitrogens with one attached hydrogen (secondary N) is 1. The number of fused-ring (bicyclic) bond motifs is 1. The van der Waals surface area contributed by atoms with Crippen LogP contribution in [0.15, 0.2) is 65.5 Å². The summed E-state index contributed by atoms with van der Waals surface area (Å²) in [6.45, 7) is 1.15. The molecule has 0 aliphatic rings. The second-order valence-corrected chi connectivity index (χ2v) is 7.76. The van der Waals surface area contributed by atoms with E-state index in [-0.39, 0.29) is 17.3 Å². The first kappa shape index (κ1) is 23.4. The van der Waals surface area contributed by atoms with Crippen LogP contribution in [0.1, 0.15) is 11.1 Å². The number of anilines is 1. The van der Waals surface area contributed by atoms with Crippen molar-refractivity contribution in [2.24, 2.45) is 0 Å². The van der Waals surface area contributed by atoms with E-state index in [4.69, 9.17) is 0 Å². The summed E-state index contributed by atoms with van der Waals surface area (Å²) in [6, 6.07) is 13.8. The summed E-state index contributed by atoms with van der Waals surface area (Å²) >= 11 is 0. The van der Waals surface area contributed by atoms with Gasteiger partial charge in [-0.2, -0.15) is 18.2 Å². The zero-order valence-corrected chi connectivity index (χ0v) is 18.0. The number of aliphatic hydroxyl groups is 2. The molecule has 2 aromatic carbocycles. The van der Waals surface area contributed by atoms with Crippen LogP contribution >= 0.6 is 0 Å². The predicted octanol–water partition coefficient (Wildman–Crippen LogP) is 3.54. The maximum absolute atomic E-state index is 13.0. The molecule has 2 aromatic heterocycles. The molecule has 4 rings (SSSR count). The third kappa shape index (κ3) is 4.63. The first-order chi connectivity index (χ1) is 16.2. The van der Waals surface area contributed by atoms with Gasteiger partial charge >= 0.3 is 6.18 Å². The van der Waals surface area contributed by atoms with Crippen LogP contribution in [-0.4, -0.2) is 44.0 Å². The molecule has 0 fully saturated rings. The SMILES string of the molecule is Cc1ccc(-c2nc(NC(CO)CO)nc3c2ccc(=O)n3-c2ccc(C(F)(F)F)cc2)cc1. The van der Waals surface area contributed by atoms with Crippen molar-refractivity contribution >= 4 is 17.0 Å². The summed E-state index contributed by atoms with van der Waals surface area (Å²) in [5.74, 6) is 0.0439. The van der Waals surface area contributed by atoms with Crippen molar-refractivity contribution in [3.05, 3.63) is 82.1 Å². The van der Waals surface area contributed by atoms with Crippen LogP contribution < -0.4 is 10.9 Å². The summed E-state index contributed by atoms with van der Waals surface area (Å²) in [4.78, 5) is 21.8. The number of alkyl halides is 3. The zero-order valence-electron chi connectivity index (χ0n) is 18.0. The van der Waals surface area contributed by atoms with E-state index in [1.807, 2.05) is 31.2 Å². The quantitative estimate of drug-likeness (QED) is 0.399. The van der Waals surface area contributed by atoms with E-state index in [1.54, 1.807) is 6.07 Å². The molecule has 10 heteroatoms. The number of aryl methyl sites for hydroxylation is 1. The number of nitrogens with zero attached hydrogens (tertiary/aromatic N) is 3. The van der Waals surface area contributed by atoms with Crippen molar-refractivity contribution < 1.29 is 23.4 Å². The Hall–Kier alpha value is -3.76. The number of rotatable bonds is 6. The Morgan fingerprint density at radius 2 is 1.59 bits per heavy atom. The first-order valence-electron chi connectivity index (χ1n) is 10.4. The Bertz CT molecular complexity index is 1360. The van der Waals surface area contributed by atoms with Gasteiger partial charge in [0.05, 0.1) is 36.2 Å². The minimum Gasteiger partial charge on any atom is -0.394 e. The molecule has 0 aliphatic heterocycles. The van der Waals surface area contributed by atoms with Crippen molar-refractivity contribution in [3.63, 3.8) is 0 Å². The van der Waals surface area contributed by atoms with Crippen LogP contribution in [0.3, 0.4) is 0 Å². The largest absolute Gasteiger partial charge is 0.416 e. The molecule has 0 spiro atoms. The first-order valence-corrected chi connectivity index (χ1v) is 10.4. The molecule has 0 saturated heterocycles. The van der Waals surface area contributed by atoms with Crippen molar-refractivity contribution in [1.29, 1.82) is 0 Å². The van der Waals surface area contributed by atoms with Crippen molar-refractivity contribution in [1.82, 2.24) is 14.5 Å². The average molecular weight is 470 g/mol. The van der Waals surface area contributed by atoms with Gasteiger partial charge in [0.2, 0.25) is 5.95 Å². The molecule has 0 unspecified atom stereocenters. The lowest BCUT2D eigenvalue weighted by Crippen LogP contribution is -2.29. The van der Waals surface area contributed by atoms with Crippen LogP contribution in [-0.2, 0) is 6.18 Å². The monoisotopic (exact) mass is 470 g/mol. The Morgan fingerprint density at radius 1 is 0.941 bits per heavy atom. The number of halogens is 3. The van der Waals surface area contributed by atoms with Crippen molar-refractivity contribution in [2.45, 2.75) is 19.1 Å². The molecular formula is C24H21F3N4O3. The van der Waals surface area contributed by atoms with Crippen LogP contribution in [0, 0.1) is 6.92 Å². The minimum atomic E-state index is -4.51. The summed E-state index contributed by atoms with van der Waals surface area (Å²) < 4.78 is 40.3. The summed E-state index contributed by atoms with van der Waals surface area (Å²) in [7, 11) is 0. The van der Waals surface area contributed by atoms with Crippen molar-refractivity contribution in [2.75, 3.05) is 18.5 Å². The van der Waals surface area contributed by atoms with Crippen LogP contribution in [0.25, 0.3) is 28.0 Å². The summed E-state index contributed by atoms with van der Waals surface area (Å²) in [5.41, 5.74) is 1.26. The molecule has 0 atom stereocenters. The number of pyridine rings is 1. The standard InChI is InChI=1S/C24H21F3N4O3/c1-14-2-4-15(5-3-14)21-19-10-11-20(34)31(18-8-6-16(7-9-18)24(25,26)27)22(19)30-23(29-21)28-17(12-32)13-33/h2-11,17,32-33H,12-13H2,1H3,(H,28,29,30). The molecule has 7 nitrogen and oxygen atoms in total. The number of hydrogen-bond donors (Lipinski definition) is 3. The molecule has 176 valence electrons. The topological polar surface area (TPSA) is 100 Å². The van der Waals surface area contributed by atoms with E-state index >= 15 is 0 Å². The number of hydrogen-bond acceptors (Lipinski definition) is 6. The number of aromatic nitrogens is 3. The lowest BCUT2D eigenvalue weighted by atomic mass is 10.1. The molecule has 0 amide bonds. The van der Waals surface area contributed by atoms with Gasteiger partial charge in [-0.1, -0.05) is 29.8 Å². The highest BCUT2D eigenvalue weighted by Crippen LogP contribution is 2.31. The Labute approximate surface area is 192 Å². The van der Waals surface area contributed by atoms with Gasteiger partial charge in [0.1, 0.15) is 0 Å². The van der Waals surface area contributed by atoms with Gasteiger partial charge < -0.3 is 15.5 Å². The fourth-order valence-corrected chi connectivity index (χ4v) is 3.49. The molecular weight excluding hydrogens is 449 g/mol. The van der Waals surface area contributed by atoms with Gasteiger partial charge in [-0.3, -0.25) is 9.36 Å². The third-order valence-electron chi connectivity index (χ3n) is 5.30. The molecule has 0 bridgehead atoms. The van der Waals surface area contributed by atoms with Crippen LogP contribution in [0.2, 0.25) is 0 Å². The van der Waals surface area contributed by atoms with E-state index in [0.717, 1.165) is 23.3 Å². The van der Waals surface area contributed by atoms with E-state index < -0.39 is 36.6 Å². The van der Waals surface area contributed by atoms with Crippen LogP contribution in [0.4, 0.5) is 19.1 Å². The maximum Gasteiger partial charge on any atom is 0.416 e. The molecule has 0 saturated carbocycles. The molecule has 0 radical (unpaired) electrons. The maximum atomic E-state index is 13.0. The van der Waals surface area contributed by atoms with E-state index in [0.29, 0.717) is 11.1 Å². The van der Waals surface area contributed by atoms with Crippen molar-refractivity contribution in [3.8, 4) is 16.9 Å². The van der Waals surface area contributed by atoms with E-state index in [1.165, 1.54) is 22.8 Å². The average Bonchev–Trinajstić information content (AvgIpc) is 2.82. The summed E-state index contributed by atoms with van der Waals surface area (Å²) in [6.07, 6.45) is -4.51. The lowest BCUT2D eigenvalue weighted by Gasteiger charge is -2.17. The van der Waals surface area contributed by atoms with Gasteiger partial charge in [0.25, 0.3) is 5.56 Å². The van der Waals surface area contributed by atoms with Gasteiger partial charge in [-0.05, 0) is 37.3 Å². The second-order valence-electron chi connectivity index (χ2n) is 7.76. The highest BCUT2D eigenvalue weighted by atomic mass is 19.4.